The van der Waals surface area contributed by atoms with E-state index >= 15 is 0 Å². The fraction of sp³-hybridized carbons (Fsp3) is 0.200. The largest absolute Gasteiger partial charge is 0.379 e. The third-order valence-corrected chi connectivity index (χ3v) is 5.47. The predicted molar refractivity (Wildman–Crippen MR) is 122 cm³/mol. The van der Waals surface area contributed by atoms with Crippen molar-refractivity contribution in [2.75, 3.05) is 31.6 Å². The van der Waals surface area contributed by atoms with E-state index in [1.54, 1.807) is 48.5 Å². The van der Waals surface area contributed by atoms with Gasteiger partial charge in [0.1, 0.15) is 0 Å². The van der Waals surface area contributed by atoms with Gasteiger partial charge in [-0.15, -0.1) is 0 Å². The minimum Gasteiger partial charge on any atom is -0.379 e. The molecule has 1 aliphatic rings. The zero-order chi connectivity index (χ0) is 21.6. The molecule has 1 aliphatic heterocycles. The molecule has 0 atom stereocenters. The molecule has 4 rings (SSSR count). The molecule has 0 spiro atoms. The molecule has 3 aromatic rings. The molecule has 158 valence electrons. The Morgan fingerprint density at radius 1 is 0.903 bits per heavy atom. The van der Waals surface area contributed by atoms with E-state index in [9.17, 15) is 9.59 Å². The number of amides is 1. The first kappa shape index (κ1) is 21.2. The molecule has 1 fully saturated rings. The Morgan fingerprint density at radius 3 is 2.35 bits per heavy atom. The van der Waals surface area contributed by atoms with Crippen molar-refractivity contribution in [2.24, 2.45) is 0 Å². The van der Waals surface area contributed by atoms with Crippen LogP contribution in [0.3, 0.4) is 0 Å². The van der Waals surface area contributed by atoms with Crippen LogP contribution in [0.2, 0.25) is 5.02 Å². The summed E-state index contributed by atoms with van der Waals surface area (Å²) in [6, 6.07) is 21.3. The lowest BCUT2D eigenvalue weighted by Crippen LogP contribution is -2.35. The number of hydrogen-bond acceptors (Lipinski definition) is 4. The molecule has 0 aliphatic carbocycles. The molecule has 1 N–H and O–H groups in total. The summed E-state index contributed by atoms with van der Waals surface area (Å²) in [7, 11) is 0. The lowest BCUT2D eigenvalue weighted by molar-refractivity contribution is 0.0342. The van der Waals surface area contributed by atoms with Crippen molar-refractivity contribution in [3.8, 4) is 0 Å². The van der Waals surface area contributed by atoms with Crippen LogP contribution in [0.1, 0.15) is 31.8 Å². The van der Waals surface area contributed by atoms with Crippen LogP contribution < -0.4 is 5.32 Å². The number of nitrogens with zero attached hydrogens (tertiary/aromatic N) is 1. The molecule has 0 saturated carbocycles. The number of carbonyl (C=O) groups excluding carboxylic acids is 2. The number of halogens is 1. The van der Waals surface area contributed by atoms with Crippen LogP contribution in [0.5, 0.6) is 0 Å². The van der Waals surface area contributed by atoms with Gasteiger partial charge in [-0.3, -0.25) is 14.5 Å². The van der Waals surface area contributed by atoms with Crippen LogP contribution >= 0.6 is 11.6 Å². The van der Waals surface area contributed by atoms with Gasteiger partial charge in [0, 0.05) is 41.5 Å². The topological polar surface area (TPSA) is 58.6 Å². The number of ether oxygens (including phenoxy) is 1. The van der Waals surface area contributed by atoms with E-state index in [0.29, 0.717) is 27.4 Å². The van der Waals surface area contributed by atoms with Gasteiger partial charge in [-0.2, -0.15) is 0 Å². The molecule has 1 amide bonds. The van der Waals surface area contributed by atoms with Crippen LogP contribution in [0.15, 0.2) is 72.8 Å². The second-order valence-electron chi connectivity index (χ2n) is 7.42. The average molecular weight is 435 g/mol. The van der Waals surface area contributed by atoms with Gasteiger partial charge in [-0.1, -0.05) is 41.9 Å². The number of nitrogens with one attached hydrogen (secondary N) is 1. The lowest BCUT2D eigenvalue weighted by atomic mass is 9.98. The molecule has 0 bridgehead atoms. The Balaban J connectivity index is 1.51. The highest BCUT2D eigenvalue weighted by atomic mass is 35.5. The number of morpholine rings is 1. The lowest BCUT2D eigenvalue weighted by Gasteiger charge is -2.26. The van der Waals surface area contributed by atoms with Gasteiger partial charge in [0.15, 0.2) is 5.78 Å². The Labute approximate surface area is 186 Å². The zero-order valence-corrected chi connectivity index (χ0v) is 17.8. The van der Waals surface area contributed by atoms with Crippen molar-refractivity contribution < 1.29 is 14.3 Å². The Bertz CT molecular complexity index is 1080. The molecular formula is C25H23ClN2O3. The van der Waals surface area contributed by atoms with E-state index in [1.165, 1.54) is 0 Å². The summed E-state index contributed by atoms with van der Waals surface area (Å²) in [5, 5.41) is 3.49. The van der Waals surface area contributed by atoms with E-state index in [0.717, 1.165) is 38.4 Å². The number of benzene rings is 3. The maximum atomic E-state index is 13.0. The van der Waals surface area contributed by atoms with Gasteiger partial charge in [-0.05, 0) is 48.0 Å². The summed E-state index contributed by atoms with van der Waals surface area (Å²) in [6.07, 6.45) is 0. The highest BCUT2D eigenvalue weighted by Gasteiger charge is 2.18. The van der Waals surface area contributed by atoms with Crippen LogP contribution in [0.25, 0.3) is 0 Å². The molecule has 0 radical (unpaired) electrons. The van der Waals surface area contributed by atoms with Gasteiger partial charge < -0.3 is 10.1 Å². The standard InChI is InChI=1S/C25H23ClN2O3/c26-20-10-8-19(9-11-20)24(29)22-6-1-2-7-23(22)25(30)27-21-5-3-4-18(16-21)17-28-12-14-31-15-13-28/h1-11,16H,12-15,17H2,(H,27,30). The second-order valence-corrected chi connectivity index (χ2v) is 7.86. The van der Waals surface area contributed by atoms with Gasteiger partial charge in [-0.25, -0.2) is 0 Å². The van der Waals surface area contributed by atoms with Crippen LogP contribution in [0.4, 0.5) is 5.69 Å². The molecule has 0 aromatic heterocycles. The summed E-state index contributed by atoms with van der Waals surface area (Å²) in [6.45, 7) is 4.09. The number of hydrogen-bond donors (Lipinski definition) is 1. The Morgan fingerprint density at radius 2 is 1.61 bits per heavy atom. The van der Waals surface area contributed by atoms with Crippen molar-refractivity contribution in [1.82, 2.24) is 4.90 Å². The fourth-order valence-electron chi connectivity index (χ4n) is 3.60. The molecule has 3 aromatic carbocycles. The number of ketones is 1. The minimum absolute atomic E-state index is 0.219. The second kappa shape index (κ2) is 9.88. The first-order chi connectivity index (χ1) is 15.1. The third-order valence-electron chi connectivity index (χ3n) is 5.22. The van der Waals surface area contributed by atoms with E-state index in [2.05, 4.69) is 10.2 Å². The monoisotopic (exact) mass is 434 g/mol. The maximum Gasteiger partial charge on any atom is 0.256 e. The molecule has 1 heterocycles. The van der Waals surface area contributed by atoms with E-state index in [-0.39, 0.29) is 11.7 Å². The summed E-state index contributed by atoms with van der Waals surface area (Å²) in [4.78, 5) is 28.3. The maximum absolute atomic E-state index is 13.0. The van der Waals surface area contributed by atoms with Crippen LogP contribution in [-0.2, 0) is 11.3 Å². The Kier molecular flexibility index (Phi) is 6.77. The predicted octanol–water partition coefficient (Wildman–Crippen LogP) is 4.66. The molecule has 6 heteroatoms. The van der Waals surface area contributed by atoms with Crippen LogP contribution in [0, 0.1) is 0 Å². The quantitative estimate of drug-likeness (QED) is 0.573. The van der Waals surface area contributed by atoms with Gasteiger partial charge in [0.2, 0.25) is 0 Å². The van der Waals surface area contributed by atoms with E-state index in [4.69, 9.17) is 16.3 Å². The van der Waals surface area contributed by atoms with Gasteiger partial charge in [0.25, 0.3) is 5.91 Å². The molecule has 0 unspecified atom stereocenters. The molecule has 31 heavy (non-hydrogen) atoms. The van der Waals surface area contributed by atoms with Crippen molar-refractivity contribution in [3.05, 3.63) is 100 Å². The number of anilines is 1. The van der Waals surface area contributed by atoms with Crippen molar-refractivity contribution in [3.63, 3.8) is 0 Å². The van der Waals surface area contributed by atoms with Gasteiger partial charge >= 0.3 is 0 Å². The third kappa shape index (κ3) is 5.39. The summed E-state index contributed by atoms with van der Waals surface area (Å²) in [5.41, 5.74) is 2.99. The summed E-state index contributed by atoms with van der Waals surface area (Å²) >= 11 is 5.92. The Hall–Kier alpha value is -2.99. The highest BCUT2D eigenvalue weighted by molar-refractivity contribution is 6.30. The smallest absolute Gasteiger partial charge is 0.256 e. The highest BCUT2D eigenvalue weighted by Crippen LogP contribution is 2.19. The van der Waals surface area contributed by atoms with E-state index in [1.807, 2.05) is 24.3 Å². The SMILES string of the molecule is O=C(Nc1cccc(CN2CCOCC2)c1)c1ccccc1C(=O)c1ccc(Cl)cc1. The molecular weight excluding hydrogens is 412 g/mol. The van der Waals surface area contributed by atoms with Crippen LogP contribution in [-0.4, -0.2) is 42.9 Å². The zero-order valence-electron chi connectivity index (χ0n) is 17.0. The molecule has 1 saturated heterocycles. The van der Waals surface area contributed by atoms with Gasteiger partial charge in [0.05, 0.1) is 18.8 Å². The number of carbonyl (C=O) groups is 2. The average Bonchev–Trinajstić information content (AvgIpc) is 2.80. The first-order valence-electron chi connectivity index (χ1n) is 10.2. The summed E-state index contributed by atoms with van der Waals surface area (Å²) in [5.74, 6) is -0.537. The first-order valence-corrected chi connectivity index (χ1v) is 10.6. The van der Waals surface area contributed by atoms with Crippen molar-refractivity contribution in [2.45, 2.75) is 6.54 Å². The normalized spacial score (nSPS) is 14.2. The fourth-order valence-corrected chi connectivity index (χ4v) is 3.73. The summed E-state index contributed by atoms with van der Waals surface area (Å²) < 4.78 is 5.40. The number of rotatable bonds is 6. The van der Waals surface area contributed by atoms with E-state index < -0.39 is 0 Å². The molecule has 5 nitrogen and oxygen atoms in total. The van der Waals surface area contributed by atoms with Crippen molar-refractivity contribution in [1.29, 1.82) is 0 Å². The minimum atomic E-state index is -0.318. The van der Waals surface area contributed by atoms with Crippen molar-refractivity contribution >= 4 is 29.0 Å².